The Labute approximate surface area is 223 Å². The standard InChI is InChI=1S/C32H36F3NO2/c1-22(2)19-24-9-7-12-26(20-24)23(3)31(37)36-18-8-13-27(21-36)30(25-10-5-4-6-11-25)38-29-16-14-28(15-17-29)32(33,34)35/h4-7,9-12,14-17,20,22-23,27,30H,8,13,18-19,21H2,1-3H3. The average molecular weight is 524 g/mol. The number of carbonyl (C=O) groups is 1. The highest BCUT2D eigenvalue weighted by Gasteiger charge is 2.34. The average Bonchev–Trinajstić information content (AvgIpc) is 2.91. The van der Waals surface area contributed by atoms with Crippen molar-refractivity contribution in [1.82, 2.24) is 4.90 Å². The van der Waals surface area contributed by atoms with Gasteiger partial charge < -0.3 is 9.64 Å². The van der Waals surface area contributed by atoms with Crippen LogP contribution in [-0.4, -0.2) is 23.9 Å². The number of halogens is 3. The fraction of sp³-hybridized carbons (Fsp3) is 0.406. The lowest BCUT2D eigenvalue weighted by molar-refractivity contribution is -0.137. The summed E-state index contributed by atoms with van der Waals surface area (Å²) in [6, 6.07) is 22.9. The van der Waals surface area contributed by atoms with Gasteiger partial charge in [-0.1, -0.05) is 68.4 Å². The topological polar surface area (TPSA) is 29.5 Å². The first-order valence-corrected chi connectivity index (χ1v) is 13.4. The van der Waals surface area contributed by atoms with Gasteiger partial charge in [-0.3, -0.25) is 4.79 Å². The third kappa shape index (κ3) is 6.97. The maximum atomic E-state index is 13.6. The Kier molecular flexibility index (Phi) is 8.80. The number of amides is 1. The van der Waals surface area contributed by atoms with Crippen molar-refractivity contribution < 1.29 is 22.7 Å². The second-order valence-corrected chi connectivity index (χ2v) is 10.7. The van der Waals surface area contributed by atoms with Crippen molar-refractivity contribution in [3.63, 3.8) is 0 Å². The van der Waals surface area contributed by atoms with Crippen LogP contribution in [0.15, 0.2) is 78.9 Å². The molecule has 0 radical (unpaired) electrons. The predicted molar refractivity (Wildman–Crippen MR) is 144 cm³/mol. The van der Waals surface area contributed by atoms with Crippen LogP contribution in [0.25, 0.3) is 0 Å². The maximum Gasteiger partial charge on any atom is 0.416 e. The van der Waals surface area contributed by atoms with E-state index in [0.717, 1.165) is 42.5 Å². The number of likely N-dealkylation sites (tertiary alicyclic amines) is 1. The molecule has 1 amide bonds. The summed E-state index contributed by atoms with van der Waals surface area (Å²) in [5.41, 5.74) is 2.50. The molecule has 1 aliphatic rings. The van der Waals surface area contributed by atoms with Crippen molar-refractivity contribution in [1.29, 1.82) is 0 Å². The Morgan fingerprint density at radius 2 is 1.63 bits per heavy atom. The van der Waals surface area contributed by atoms with E-state index in [-0.39, 0.29) is 23.8 Å². The Bertz CT molecular complexity index is 1190. The zero-order valence-corrected chi connectivity index (χ0v) is 22.2. The molecule has 3 atom stereocenters. The summed E-state index contributed by atoms with van der Waals surface area (Å²) >= 11 is 0. The quantitative estimate of drug-likeness (QED) is 0.299. The summed E-state index contributed by atoms with van der Waals surface area (Å²) in [6.07, 6.45) is -2.10. The molecule has 0 aromatic heterocycles. The molecule has 6 heteroatoms. The number of benzene rings is 3. The lowest BCUT2D eigenvalue weighted by Crippen LogP contribution is -2.44. The summed E-state index contributed by atoms with van der Waals surface area (Å²) in [6.45, 7) is 7.56. The van der Waals surface area contributed by atoms with E-state index in [1.165, 1.54) is 17.7 Å². The number of hydrogen-bond donors (Lipinski definition) is 0. The molecule has 3 aromatic carbocycles. The lowest BCUT2D eigenvalue weighted by Gasteiger charge is -2.38. The summed E-state index contributed by atoms with van der Waals surface area (Å²) in [5, 5.41) is 0. The predicted octanol–water partition coefficient (Wildman–Crippen LogP) is 8.07. The zero-order valence-electron chi connectivity index (χ0n) is 22.2. The van der Waals surface area contributed by atoms with Crippen molar-refractivity contribution in [2.75, 3.05) is 13.1 Å². The van der Waals surface area contributed by atoms with Crippen LogP contribution in [0, 0.1) is 11.8 Å². The molecule has 0 bridgehead atoms. The number of piperidine rings is 1. The van der Waals surface area contributed by atoms with Crippen molar-refractivity contribution in [3.8, 4) is 5.75 Å². The third-order valence-electron chi connectivity index (χ3n) is 7.24. The van der Waals surface area contributed by atoms with E-state index in [9.17, 15) is 18.0 Å². The maximum absolute atomic E-state index is 13.6. The van der Waals surface area contributed by atoms with Crippen molar-refractivity contribution in [2.24, 2.45) is 11.8 Å². The molecular weight excluding hydrogens is 487 g/mol. The van der Waals surface area contributed by atoms with Gasteiger partial charge in [0.1, 0.15) is 11.9 Å². The summed E-state index contributed by atoms with van der Waals surface area (Å²) in [5.74, 6) is 0.769. The van der Waals surface area contributed by atoms with Gasteiger partial charge in [-0.25, -0.2) is 0 Å². The van der Waals surface area contributed by atoms with Crippen molar-refractivity contribution in [2.45, 2.75) is 58.2 Å². The van der Waals surface area contributed by atoms with E-state index in [1.807, 2.05) is 54.3 Å². The monoisotopic (exact) mass is 523 g/mol. The van der Waals surface area contributed by atoms with Crippen LogP contribution in [-0.2, 0) is 17.4 Å². The molecular formula is C32H36F3NO2. The molecule has 1 heterocycles. The fourth-order valence-corrected chi connectivity index (χ4v) is 5.28. The molecule has 0 spiro atoms. The lowest BCUT2D eigenvalue weighted by atomic mass is 9.87. The molecule has 38 heavy (non-hydrogen) atoms. The Balaban J connectivity index is 1.52. The highest BCUT2D eigenvalue weighted by atomic mass is 19.4. The molecule has 1 fully saturated rings. The number of alkyl halides is 3. The minimum Gasteiger partial charge on any atom is -0.485 e. The zero-order chi connectivity index (χ0) is 27.3. The van der Waals surface area contributed by atoms with Crippen LogP contribution in [0.3, 0.4) is 0 Å². The smallest absolute Gasteiger partial charge is 0.416 e. The second kappa shape index (κ2) is 12.1. The van der Waals surface area contributed by atoms with Gasteiger partial charge in [0.15, 0.2) is 0 Å². The van der Waals surface area contributed by atoms with Crippen LogP contribution in [0.5, 0.6) is 5.75 Å². The number of hydrogen-bond acceptors (Lipinski definition) is 2. The molecule has 0 aliphatic carbocycles. The highest BCUT2D eigenvalue weighted by Crippen LogP contribution is 2.36. The van der Waals surface area contributed by atoms with E-state index in [2.05, 4.69) is 26.0 Å². The number of ether oxygens (including phenoxy) is 1. The van der Waals surface area contributed by atoms with Gasteiger partial charge in [0, 0.05) is 19.0 Å². The van der Waals surface area contributed by atoms with Crippen LogP contribution >= 0.6 is 0 Å². The first-order valence-electron chi connectivity index (χ1n) is 13.4. The van der Waals surface area contributed by atoms with Crippen molar-refractivity contribution in [3.05, 3.63) is 101 Å². The fourth-order valence-electron chi connectivity index (χ4n) is 5.28. The minimum absolute atomic E-state index is 0.0110. The van der Waals surface area contributed by atoms with Gasteiger partial charge in [-0.05, 0) is 73.1 Å². The van der Waals surface area contributed by atoms with E-state index in [1.54, 1.807) is 0 Å². The Hall–Kier alpha value is -3.28. The van der Waals surface area contributed by atoms with Gasteiger partial charge in [0.05, 0.1) is 11.5 Å². The van der Waals surface area contributed by atoms with Crippen LogP contribution in [0.4, 0.5) is 13.2 Å². The van der Waals surface area contributed by atoms with E-state index >= 15 is 0 Å². The van der Waals surface area contributed by atoms with Crippen LogP contribution in [0.2, 0.25) is 0 Å². The Morgan fingerprint density at radius 1 is 0.947 bits per heavy atom. The summed E-state index contributed by atoms with van der Waals surface area (Å²) < 4.78 is 45.5. The van der Waals surface area contributed by atoms with Gasteiger partial charge in [-0.2, -0.15) is 13.2 Å². The van der Waals surface area contributed by atoms with Crippen molar-refractivity contribution >= 4 is 5.91 Å². The third-order valence-corrected chi connectivity index (χ3v) is 7.24. The van der Waals surface area contributed by atoms with Crippen LogP contribution in [0.1, 0.15) is 67.9 Å². The van der Waals surface area contributed by atoms with E-state index in [0.29, 0.717) is 24.8 Å². The largest absolute Gasteiger partial charge is 0.485 e. The first-order chi connectivity index (χ1) is 18.1. The first kappa shape index (κ1) is 27.7. The van der Waals surface area contributed by atoms with Gasteiger partial charge in [0.25, 0.3) is 0 Å². The molecule has 202 valence electrons. The number of rotatable bonds is 8. The van der Waals surface area contributed by atoms with Crippen LogP contribution < -0.4 is 4.74 Å². The van der Waals surface area contributed by atoms with E-state index in [4.69, 9.17) is 4.74 Å². The second-order valence-electron chi connectivity index (χ2n) is 10.7. The molecule has 3 nitrogen and oxygen atoms in total. The molecule has 3 aromatic rings. The summed E-state index contributed by atoms with van der Waals surface area (Å²) in [4.78, 5) is 15.5. The van der Waals surface area contributed by atoms with Gasteiger partial charge in [-0.15, -0.1) is 0 Å². The molecule has 1 aliphatic heterocycles. The number of carbonyl (C=O) groups excluding carboxylic acids is 1. The molecule has 0 N–H and O–H groups in total. The molecule has 4 rings (SSSR count). The normalized spacial score (nSPS) is 17.8. The minimum atomic E-state index is -4.40. The highest BCUT2D eigenvalue weighted by molar-refractivity contribution is 5.83. The van der Waals surface area contributed by atoms with E-state index < -0.39 is 11.7 Å². The SMILES string of the molecule is CC(C)Cc1cccc(C(C)C(=O)N2CCCC(C(Oc3ccc(C(F)(F)F)cc3)c3ccccc3)C2)c1. The molecule has 0 saturated carbocycles. The summed E-state index contributed by atoms with van der Waals surface area (Å²) in [7, 11) is 0. The molecule has 3 unspecified atom stereocenters. The van der Waals surface area contributed by atoms with Gasteiger partial charge in [0.2, 0.25) is 5.91 Å². The Morgan fingerprint density at radius 3 is 2.29 bits per heavy atom. The van der Waals surface area contributed by atoms with Gasteiger partial charge >= 0.3 is 6.18 Å². The molecule has 1 saturated heterocycles. The number of nitrogens with zero attached hydrogens (tertiary/aromatic N) is 1.